The normalized spacial score (nSPS) is 20.3. The molecular weight excluding hydrogens is 244 g/mol. The first kappa shape index (κ1) is 13.4. The SMILES string of the molecule is CC1CCC(c2c[c]c(Cl)cc2C(C)(C)C)=NN1. The first-order chi connectivity index (χ1) is 8.38. The van der Waals surface area contributed by atoms with Crippen LogP contribution in [0.3, 0.4) is 0 Å². The minimum atomic E-state index is 0.0552. The van der Waals surface area contributed by atoms with Gasteiger partial charge in [-0.3, -0.25) is 0 Å². The Morgan fingerprint density at radius 2 is 2.17 bits per heavy atom. The lowest BCUT2D eigenvalue weighted by atomic mass is 9.81. The van der Waals surface area contributed by atoms with Gasteiger partial charge in [0.15, 0.2) is 0 Å². The molecule has 18 heavy (non-hydrogen) atoms. The second kappa shape index (κ2) is 4.93. The van der Waals surface area contributed by atoms with Crippen LogP contribution in [0, 0.1) is 6.07 Å². The summed E-state index contributed by atoms with van der Waals surface area (Å²) in [5.41, 5.74) is 6.75. The molecule has 2 rings (SSSR count). The van der Waals surface area contributed by atoms with Crippen molar-refractivity contribution < 1.29 is 0 Å². The molecule has 0 fully saturated rings. The summed E-state index contributed by atoms with van der Waals surface area (Å²) in [5.74, 6) is 0. The first-order valence-corrected chi connectivity index (χ1v) is 6.80. The Kier molecular flexibility index (Phi) is 3.67. The fraction of sp³-hybridized carbons (Fsp3) is 0.533. The van der Waals surface area contributed by atoms with E-state index in [2.05, 4.69) is 44.3 Å². The average Bonchev–Trinajstić information content (AvgIpc) is 2.29. The van der Waals surface area contributed by atoms with E-state index in [-0.39, 0.29) is 5.41 Å². The van der Waals surface area contributed by atoms with Crippen LogP contribution in [0.5, 0.6) is 0 Å². The minimum absolute atomic E-state index is 0.0552. The maximum atomic E-state index is 6.07. The Bertz CT molecular complexity index is 472. The van der Waals surface area contributed by atoms with Crippen molar-refractivity contribution in [3.05, 3.63) is 34.3 Å². The predicted molar refractivity (Wildman–Crippen MR) is 77.4 cm³/mol. The molecule has 0 spiro atoms. The van der Waals surface area contributed by atoms with Gasteiger partial charge < -0.3 is 5.43 Å². The van der Waals surface area contributed by atoms with Gasteiger partial charge in [0.05, 0.1) is 5.71 Å². The number of hydrogen-bond donors (Lipinski definition) is 1. The van der Waals surface area contributed by atoms with Crippen LogP contribution in [0.4, 0.5) is 0 Å². The standard InChI is InChI=1S/C15H20ClN2/c1-10-5-8-14(18-17-10)12-7-6-11(16)9-13(12)15(2,3)4/h7,9-10,17H,5,8H2,1-4H3. The zero-order chi connectivity index (χ0) is 13.3. The van der Waals surface area contributed by atoms with E-state index in [4.69, 9.17) is 11.6 Å². The molecule has 1 aromatic rings. The van der Waals surface area contributed by atoms with Crippen LogP contribution in [-0.2, 0) is 5.41 Å². The van der Waals surface area contributed by atoms with Crippen molar-refractivity contribution in [2.24, 2.45) is 5.10 Å². The lowest BCUT2D eigenvalue weighted by Crippen LogP contribution is -2.29. The molecule has 97 valence electrons. The maximum absolute atomic E-state index is 6.07. The lowest BCUT2D eigenvalue weighted by molar-refractivity contribution is 0.519. The summed E-state index contributed by atoms with van der Waals surface area (Å²) in [4.78, 5) is 0. The highest BCUT2D eigenvalue weighted by Gasteiger charge is 2.22. The molecule has 1 aromatic carbocycles. The molecule has 1 aliphatic rings. The summed E-state index contributed by atoms with van der Waals surface area (Å²) < 4.78 is 0. The molecule has 1 N–H and O–H groups in total. The largest absolute Gasteiger partial charge is 0.307 e. The van der Waals surface area contributed by atoms with E-state index in [9.17, 15) is 0 Å². The van der Waals surface area contributed by atoms with Crippen molar-refractivity contribution in [3.8, 4) is 0 Å². The second-order valence-electron chi connectivity index (χ2n) is 5.99. The molecule has 0 saturated carbocycles. The maximum Gasteiger partial charge on any atom is 0.0679 e. The Labute approximate surface area is 114 Å². The topological polar surface area (TPSA) is 24.4 Å². The zero-order valence-corrected chi connectivity index (χ0v) is 12.2. The number of nitrogens with zero attached hydrogens (tertiary/aromatic N) is 1. The van der Waals surface area contributed by atoms with Crippen LogP contribution in [0.1, 0.15) is 51.7 Å². The van der Waals surface area contributed by atoms with Crippen LogP contribution >= 0.6 is 11.6 Å². The van der Waals surface area contributed by atoms with Gasteiger partial charge >= 0.3 is 0 Å². The molecule has 1 atom stereocenters. The molecular formula is C15H20ClN2. The van der Waals surface area contributed by atoms with Crippen molar-refractivity contribution in [2.45, 2.75) is 52.0 Å². The van der Waals surface area contributed by atoms with E-state index in [1.807, 2.05) is 12.1 Å². The second-order valence-corrected chi connectivity index (χ2v) is 6.39. The summed E-state index contributed by atoms with van der Waals surface area (Å²) in [6, 6.07) is 7.52. The molecule has 2 nitrogen and oxygen atoms in total. The lowest BCUT2D eigenvalue weighted by Gasteiger charge is -2.26. The molecule has 3 heteroatoms. The third kappa shape index (κ3) is 2.86. The van der Waals surface area contributed by atoms with Crippen LogP contribution in [0.25, 0.3) is 0 Å². The number of halogens is 1. The zero-order valence-electron chi connectivity index (χ0n) is 11.5. The highest BCUT2D eigenvalue weighted by atomic mass is 35.5. The molecule has 1 aliphatic heterocycles. The number of hydrazone groups is 1. The minimum Gasteiger partial charge on any atom is -0.307 e. The Morgan fingerprint density at radius 3 is 2.72 bits per heavy atom. The number of benzene rings is 1. The van der Waals surface area contributed by atoms with Gasteiger partial charge in [-0.25, -0.2) is 0 Å². The van der Waals surface area contributed by atoms with Crippen molar-refractivity contribution >= 4 is 17.3 Å². The van der Waals surface area contributed by atoms with Crippen molar-refractivity contribution in [3.63, 3.8) is 0 Å². The Hall–Kier alpha value is -1.02. The highest BCUT2D eigenvalue weighted by molar-refractivity contribution is 6.30. The molecule has 0 bridgehead atoms. The highest BCUT2D eigenvalue weighted by Crippen LogP contribution is 2.30. The molecule has 0 aromatic heterocycles. The fourth-order valence-electron chi connectivity index (χ4n) is 2.18. The average molecular weight is 264 g/mol. The van der Waals surface area contributed by atoms with Gasteiger partial charge in [0.1, 0.15) is 0 Å². The van der Waals surface area contributed by atoms with Crippen molar-refractivity contribution in [2.75, 3.05) is 0 Å². The van der Waals surface area contributed by atoms with Gasteiger partial charge in [-0.05, 0) is 42.9 Å². The number of hydrogen-bond acceptors (Lipinski definition) is 2. The van der Waals surface area contributed by atoms with Crippen LogP contribution in [0.15, 0.2) is 17.2 Å². The van der Waals surface area contributed by atoms with Gasteiger partial charge in [0, 0.05) is 22.7 Å². The van der Waals surface area contributed by atoms with E-state index in [0.29, 0.717) is 11.1 Å². The first-order valence-electron chi connectivity index (χ1n) is 6.42. The third-order valence-corrected chi connectivity index (χ3v) is 3.49. The van der Waals surface area contributed by atoms with E-state index in [0.717, 1.165) is 18.6 Å². The summed E-state index contributed by atoms with van der Waals surface area (Å²) in [5, 5.41) is 5.16. The van der Waals surface area contributed by atoms with E-state index in [1.165, 1.54) is 11.1 Å². The van der Waals surface area contributed by atoms with Gasteiger partial charge in [0.2, 0.25) is 0 Å². The molecule has 0 aliphatic carbocycles. The summed E-state index contributed by atoms with van der Waals surface area (Å²) >= 11 is 6.07. The molecule has 1 heterocycles. The van der Waals surface area contributed by atoms with Gasteiger partial charge in [-0.1, -0.05) is 32.4 Å². The van der Waals surface area contributed by atoms with E-state index >= 15 is 0 Å². The van der Waals surface area contributed by atoms with Crippen molar-refractivity contribution in [1.82, 2.24) is 5.43 Å². The van der Waals surface area contributed by atoms with E-state index < -0.39 is 0 Å². The van der Waals surface area contributed by atoms with Crippen LogP contribution in [-0.4, -0.2) is 11.8 Å². The monoisotopic (exact) mass is 263 g/mol. The fourth-order valence-corrected chi connectivity index (χ4v) is 2.34. The quantitative estimate of drug-likeness (QED) is 0.816. The number of nitrogens with one attached hydrogen (secondary N) is 1. The summed E-state index contributed by atoms with van der Waals surface area (Å²) in [7, 11) is 0. The van der Waals surface area contributed by atoms with Crippen LogP contribution in [0.2, 0.25) is 5.02 Å². The predicted octanol–water partition coefficient (Wildman–Crippen LogP) is 3.91. The molecule has 1 radical (unpaired) electrons. The summed E-state index contributed by atoms with van der Waals surface area (Å²) in [6.07, 6.45) is 2.12. The Balaban J connectivity index is 2.45. The third-order valence-electron chi connectivity index (χ3n) is 3.27. The van der Waals surface area contributed by atoms with Gasteiger partial charge in [-0.15, -0.1) is 0 Å². The molecule has 0 saturated heterocycles. The summed E-state index contributed by atoms with van der Waals surface area (Å²) in [6.45, 7) is 8.74. The van der Waals surface area contributed by atoms with Crippen molar-refractivity contribution in [1.29, 1.82) is 0 Å². The molecule has 0 amide bonds. The molecule has 1 unspecified atom stereocenters. The smallest absolute Gasteiger partial charge is 0.0679 e. The van der Waals surface area contributed by atoms with Gasteiger partial charge in [0.25, 0.3) is 0 Å². The Morgan fingerprint density at radius 1 is 1.44 bits per heavy atom. The van der Waals surface area contributed by atoms with Crippen LogP contribution < -0.4 is 5.43 Å². The van der Waals surface area contributed by atoms with Gasteiger partial charge in [-0.2, -0.15) is 5.10 Å². The number of rotatable bonds is 1. The van der Waals surface area contributed by atoms with E-state index in [1.54, 1.807) is 0 Å².